The molecular formula is C16H22N2O4. The normalized spacial score (nSPS) is 19.0. The Morgan fingerprint density at radius 2 is 1.73 bits per heavy atom. The van der Waals surface area contributed by atoms with E-state index in [-0.39, 0.29) is 11.8 Å². The summed E-state index contributed by atoms with van der Waals surface area (Å²) in [5, 5.41) is 22.1. The van der Waals surface area contributed by atoms with Crippen LogP contribution in [0.2, 0.25) is 0 Å². The van der Waals surface area contributed by atoms with Gasteiger partial charge < -0.3 is 15.5 Å². The highest BCUT2D eigenvalue weighted by Crippen LogP contribution is 2.24. The van der Waals surface area contributed by atoms with E-state index in [1.807, 2.05) is 0 Å². The summed E-state index contributed by atoms with van der Waals surface area (Å²) < 4.78 is 0. The number of aromatic nitrogens is 1. The van der Waals surface area contributed by atoms with E-state index in [1.54, 1.807) is 12.1 Å². The molecule has 1 saturated carbocycles. The first-order valence-electron chi connectivity index (χ1n) is 7.70. The lowest BCUT2D eigenvalue weighted by molar-refractivity contribution is -0.146. The number of carbonyl (C=O) groups excluding carboxylic acids is 1. The van der Waals surface area contributed by atoms with Crippen molar-refractivity contribution in [3.05, 3.63) is 30.1 Å². The Labute approximate surface area is 129 Å². The maximum atomic E-state index is 12.3. The number of aliphatic hydroxyl groups is 1. The lowest BCUT2D eigenvalue weighted by Crippen LogP contribution is -2.47. The Bertz CT molecular complexity index is 498. The van der Waals surface area contributed by atoms with Crippen molar-refractivity contribution in [2.75, 3.05) is 0 Å². The van der Waals surface area contributed by atoms with Gasteiger partial charge in [0.15, 0.2) is 6.04 Å². The van der Waals surface area contributed by atoms with Crippen molar-refractivity contribution < 1.29 is 19.8 Å². The van der Waals surface area contributed by atoms with E-state index < -0.39 is 18.1 Å². The van der Waals surface area contributed by atoms with Gasteiger partial charge in [0.25, 0.3) is 0 Å². The van der Waals surface area contributed by atoms with Gasteiger partial charge in [-0.05, 0) is 30.5 Å². The zero-order valence-corrected chi connectivity index (χ0v) is 12.4. The molecular weight excluding hydrogens is 284 g/mol. The lowest BCUT2D eigenvalue weighted by Gasteiger charge is -2.23. The predicted octanol–water partition coefficient (Wildman–Crippen LogP) is 1.65. The molecule has 0 spiro atoms. The fourth-order valence-corrected chi connectivity index (χ4v) is 2.84. The molecule has 6 heteroatoms. The minimum absolute atomic E-state index is 0.158. The van der Waals surface area contributed by atoms with Gasteiger partial charge in [-0.15, -0.1) is 0 Å². The van der Waals surface area contributed by atoms with Gasteiger partial charge in [-0.2, -0.15) is 0 Å². The summed E-state index contributed by atoms with van der Waals surface area (Å²) in [6, 6.07) is 1.73. The van der Waals surface area contributed by atoms with Gasteiger partial charge in [-0.1, -0.05) is 25.7 Å². The van der Waals surface area contributed by atoms with E-state index in [2.05, 4.69) is 10.3 Å². The van der Waals surface area contributed by atoms with Gasteiger partial charge in [0.05, 0.1) is 0 Å². The molecule has 0 radical (unpaired) electrons. The van der Waals surface area contributed by atoms with Crippen molar-refractivity contribution >= 4 is 11.9 Å². The van der Waals surface area contributed by atoms with E-state index in [9.17, 15) is 19.8 Å². The average Bonchev–Trinajstić information content (AvgIpc) is 2.81. The number of nitrogens with zero attached hydrogens (tertiary/aromatic N) is 1. The molecule has 0 aromatic carbocycles. The summed E-state index contributed by atoms with van der Waals surface area (Å²) in [7, 11) is 0. The first-order valence-corrected chi connectivity index (χ1v) is 7.70. The number of amides is 1. The first-order chi connectivity index (χ1) is 10.6. The molecule has 0 aliphatic heterocycles. The van der Waals surface area contributed by atoms with Gasteiger partial charge in [0, 0.05) is 18.3 Å². The molecule has 0 bridgehead atoms. The molecule has 1 aromatic rings. The van der Waals surface area contributed by atoms with Gasteiger partial charge in [0.2, 0.25) is 5.91 Å². The smallest absolute Gasteiger partial charge is 0.329 e. The fourth-order valence-electron chi connectivity index (χ4n) is 2.84. The predicted molar refractivity (Wildman–Crippen MR) is 80.0 cm³/mol. The average molecular weight is 306 g/mol. The van der Waals surface area contributed by atoms with Gasteiger partial charge >= 0.3 is 5.97 Å². The Morgan fingerprint density at radius 1 is 1.14 bits per heavy atom. The molecule has 1 fully saturated rings. The van der Waals surface area contributed by atoms with Crippen molar-refractivity contribution in [1.82, 2.24) is 10.3 Å². The van der Waals surface area contributed by atoms with Crippen molar-refractivity contribution in [1.29, 1.82) is 0 Å². The van der Waals surface area contributed by atoms with Crippen LogP contribution in [0.1, 0.15) is 50.2 Å². The molecule has 1 aliphatic rings. The Morgan fingerprint density at radius 3 is 2.27 bits per heavy atom. The topological polar surface area (TPSA) is 99.5 Å². The summed E-state index contributed by atoms with van der Waals surface area (Å²) in [5.74, 6) is -1.68. The first kappa shape index (κ1) is 16.4. The van der Waals surface area contributed by atoms with Gasteiger partial charge in [0.1, 0.15) is 6.10 Å². The number of carboxylic acid groups (broad SMARTS) is 1. The third-order valence-electron chi connectivity index (χ3n) is 4.15. The molecule has 1 heterocycles. The van der Waals surface area contributed by atoms with Crippen LogP contribution < -0.4 is 5.32 Å². The van der Waals surface area contributed by atoms with Crippen LogP contribution >= 0.6 is 0 Å². The molecule has 1 amide bonds. The SMILES string of the molecule is O=C(NC(C(=O)O)C(O)c1ccncc1)C1CCCCCC1. The largest absolute Gasteiger partial charge is 0.480 e. The number of hydrogen-bond donors (Lipinski definition) is 3. The number of hydrogen-bond acceptors (Lipinski definition) is 4. The maximum Gasteiger partial charge on any atom is 0.329 e. The van der Waals surface area contributed by atoms with Crippen LogP contribution in [0, 0.1) is 5.92 Å². The summed E-state index contributed by atoms with van der Waals surface area (Å²) >= 11 is 0. The lowest BCUT2D eigenvalue weighted by atomic mass is 9.97. The minimum atomic E-state index is -1.35. The van der Waals surface area contributed by atoms with Crippen LogP contribution in [0.5, 0.6) is 0 Å². The van der Waals surface area contributed by atoms with E-state index in [4.69, 9.17) is 0 Å². The quantitative estimate of drug-likeness (QED) is 0.718. The number of aliphatic hydroxyl groups excluding tert-OH is 1. The minimum Gasteiger partial charge on any atom is -0.480 e. The third kappa shape index (κ3) is 4.27. The molecule has 1 aliphatic carbocycles. The summed E-state index contributed by atoms with van der Waals surface area (Å²) in [4.78, 5) is 27.5. The molecule has 2 unspecified atom stereocenters. The van der Waals surface area contributed by atoms with Crippen LogP contribution in [0.25, 0.3) is 0 Å². The molecule has 6 nitrogen and oxygen atoms in total. The van der Waals surface area contributed by atoms with E-state index >= 15 is 0 Å². The van der Waals surface area contributed by atoms with Gasteiger partial charge in [-0.25, -0.2) is 4.79 Å². The van der Waals surface area contributed by atoms with Crippen molar-refractivity contribution in [2.24, 2.45) is 5.92 Å². The molecule has 120 valence electrons. The number of pyridine rings is 1. The highest BCUT2D eigenvalue weighted by Gasteiger charge is 2.31. The highest BCUT2D eigenvalue weighted by molar-refractivity contribution is 5.85. The Hall–Kier alpha value is -1.95. The van der Waals surface area contributed by atoms with E-state index in [1.165, 1.54) is 12.4 Å². The molecule has 2 atom stereocenters. The second-order valence-electron chi connectivity index (χ2n) is 5.74. The van der Waals surface area contributed by atoms with Crippen molar-refractivity contribution in [2.45, 2.75) is 50.7 Å². The summed E-state index contributed by atoms with van der Waals surface area (Å²) in [6.45, 7) is 0. The van der Waals surface area contributed by atoms with Crippen LogP contribution in [0.15, 0.2) is 24.5 Å². The second-order valence-corrected chi connectivity index (χ2v) is 5.74. The fraction of sp³-hybridized carbons (Fsp3) is 0.562. The maximum absolute atomic E-state index is 12.3. The van der Waals surface area contributed by atoms with Crippen LogP contribution in [-0.2, 0) is 9.59 Å². The number of carbonyl (C=O) groups is 2. The monoisotopic (exact) mass is 306 g/mol. The number of rotatable bonds is 5. The molecule has 2 rings (SSSR count). The summed E-state index contributed by atoms with van der Waals surface area (Å²) in [6.07, 6.45) is 7.43. The second kappa shape index (κ2) is 7.89. The van der Waals surface area contributed by atoms with Gasteiger partial charge in [-0.3, -0.25) is 9.78 Å². The zero-order chi connectivity index (χ0) is 15.9. The number of nitrogens with one attached hydrogen (secondary N) is 1. The van der Waals surface area contributed by atoms with Crippen LogP contribution in [0.3, 0.4) is 0 Å². The summed E-state index contributed by atoms with van der Waals surface area (Å²) in [5.41, 5.74) is 0.420. The highest BCUT2D eigenvalue weighted by atomic mass is 16.4. The van der Waals surface area contributed by atoms with Crippen molar-refractivity contribution in [3.63, 3.8) is 0 Å². The molecule has 1 aromatic heterocycles. The van der Waals surface area contributed by atoms with Crippen LogP contribution in [-0.4, -0.2) is 33.1 Å². The molecule has 3 N–H and O–H groups in total. The third-order valence-corrected chi connectivity index (χ3v) is 4.15. The number of carboxylic acids is 1. The Kier molecular flexibility index (Phi) is 5.89. The molecule has 0 saturated heterocycles. The van der Waals surface area contributed by atoms with Crippen molar-refractivity contribution in [3.8, 4) is 0 Å². The standard InChI is InChI=1S/C16H22N2O4/c19-14(11-7-9-17-10-8-11)13(16(21)22)18-15(20)12-5-3-1-2-4-6-12/h7-10,12-14,19H,1-6H2,(H,18,20)(H,21,22). The zero-order valence-electron chi connectivity index (χ0n) is 12.4. The number of aliphatic carboxylic acids is 1. The van der Waals surface area contributed by atoms with E-state index in [0.717, 1.165) is 38.5 Å². The molecule has 22 heavy (non-hydrogen) atoms. The Balaban J connectivity index is 2.05. The van der Waals surface area contributed by atoms with Crippen LogP contribution in [0.4, 0.5) is 0 Å². The van der Waals surface area contributed by atoms with E-state index in [0.29, 0.717) is 5.56 Å².